The summed E-state index contributed by atoms with van der Waals surface area (Å²) in [6.45, 7) is 9.48. The summed E-state index contributed by atoms with van der Waals surface area (Å²) in [4.78, 5) is 27.3. The first-order valence-corrected chi connectivity index (χ1v) is 12.1. The van der Waals surface area contributed by atoms with Crippen molar-refractivity contribution in [3.8, 4) is 0 Å². The van der Waals surface area contributed by atoms with Gasteiger partial charge in [0.1, 0.15) is 6.04 Å². The van der Waals surface area contributed by atoms with Gasteiger partial charge >= 0.3 is 5.97 Å². The van der Waals surface area contributed by atoms with E-state index in [1.54, 1.807) is 30.3 Å². The highest BCUT2D eigenvalue weighted by Crippen LogP contribution is 2.35. The van der Waals surface area contributed by atoms with Gasteiger partial charge in [-0.2, -0.15) is 0 Å². The molecule has 0 bridgehead atoms. The van der Waals surface area contributed by atoms with Gasteiger partial charge in [-0.25, -0.2) is 4.79 Å². The van der Waals surface area contributed by atoms with Gasteiger partial charge < -0.3 is 14.4 Å². The van der Waals surface area contributed by atoms with Gasteiger partial charge in [0.2, 0.25) is 5.91 Å². The van der Waals surface area contributed by atoms with Crippen molar-refractivity contribution in [2.45, 2.75) is 52.4 Å². The Labute approximate surface area is 211 Å². The van der Waals surface area contributed by atoms with Crippen LogP contribution in [0.25, 0.3) is 0 Å². The molecule has 2 aromatic carbocycles. The van der Waals surface area contributed by atoms with Crippen molar-refractivity contribution in [1.82, 2.24) is 10.2 Å². The van der Waals surface area contributed by atoms with E-state index in [1.165, 1.54) is 7.11 Å². The van der Waals surface area contributed by atoms with Crippen LogP contribution in [0.1, 0.15) is 67.7 Å². The van der Waals surface area contributed by atoms with Crippen molar-refractivity contribution in [1.29, 1.82) is 0 Å². The molecule has 1 amide bonds. The Hall–Kier alpha value is -2.12. The summed E-state index contributed by atoms with van der Waals surface area (Å²) in [6.07, 6.45) is 0.377. The molecular weight excluding hydrogens is 475 g/mol. The second-order valence-corrected chi connectivity index (χ2v) is 10.6. The highest BCUT2D eigenvalue weighted by Gasteiger charge is 2.42. The summed E-state index contributed by atoms with van der Waals surface area (Å²) in [5, 5.41) is 4.41. The quantitative estimate of drug-likeness (QED) is 0.362. The van der Waals surface area contributed by atoms with Crippen LogP contribution in [0.5, 0.6) is 0 Å². The molecule has 1 heterocycles. The van der Waals surface area contributed by atoms with Crippen LogP contribution in [0.2, 0.25) is 10.0 Å². The monoisotopic (exact) mass is 506 g/mol. The van der Waals surface area contributed by atoms with Gasteiger partial charge in [-0.15, -0.1) is 0 Å². The Morgan fingerprint density at radius 2 is 1.74 bits per heavy atom. The molecule has 2 unspecified atom stereocenters. The maximum atomic E-state index is 13.6. The number of ether oxygens (including phenoxy) is 2. The average Bonchev–Trinajstić information content (AvgIpc) is 3.10. The topological polar surface area (TPSA) is 67.9 Å². The van der Waals surface area contributed by atoms with Crippen LogP contribution in [-0.4, -0.2) is 43.3 Å². The molecule has 34 heavy (non-hydrogen) atoms. The van der Waals surface area contributed by atoms with Gasteiger partial charge in [0.15, 0.2) is 0 Å². The van der Waals surface area contributed by atoms with E-state index in [-0.39, 0.29) is 23.5 Å². The predicted molar refractivity (Wildman–Crippen MR) is 134 cm³/mol. The van der Waals surface area contributed by atoms with Crippen LogP contribution in [-0.2, 0) is 14.3 Å². The number of carbonyl (C=O) groups is 2. The van der Waals surface area contributed by atoms with E-state index >= 15 is 0 Å². The van der Waals surface area contributed by atoms with Gasteiger partial charge in [-0.1, -0.05) is 56.1 Å². The summed E-state index contributed by atoms with van der Waals surface area (Å²) in [5.74, 6) is -0.464. The van der Waals surface area contributed by atoms with E-state index < -0.39 is 12.0 Å². The Kier molecular flexibility index (Phi) is 8.63. The van der Waals surface area contributed by atoms with Crippen molar-refractivity contribution < 1.29 is 19.1 Å². The first-order valence-electron chi connectivity index (χ1n) is 11.3. The zero-order chi connectivity index (χ0) is 25.0. The van der Waals surface area contributed by atoms with Crippen molar-refractivity contribution >= 4 is 35.1 Å². The SMILES string of the molecule is COC(=O)c1ccc([C@@H](C)N2C(=O)C(c3cc(Cl)cc(Cl)c3)NC2CCOCC(C)(C)C)cc1. The largest absolute Gasteiger partial charge is 0.465 e. The number of hydrogen-bond donors (Lipinski definition) is 1. The lowest BCUT2D eigenvalue weighted by atomic mass is 9.99. The van der Waals surface area contributed by atoms with Crippen molar-refractivity contribution in [2.75, 3.05) is 20.3 Å². The molecular formula is C26H32Cl2N2O4. The Morgan fingerprint density at radius 3 is 2.29 bits per heavy atom. The lowest BCUT2D eigenvalue weighted by Gasteiger charge is -2.31. The van der Waals surface area contributed by atoms with Gasteiger partial charge in [0, 0.05) is 23.1 Å². The maximum absolute atomic E-state index is 13.6. The summed E-state index contributed by atoms with van der Waals surface area (Å²) in [5.41, 5.74) is 2.16. The fourth-order valence-electron chi connectivity index (χ4n) is 4.06. The molecule has 6 nitrogen and oxygen atoms in total. The molecule has 0 aliphatic carbocycles. The van der Waals surface area contributed by atoms with Crippen molar-refractivity contribution in [2.24, 2.45) is 5.41 Å². The van der Waals surface area contributed by atoms with Crippen LogP contribution in [0.4, 0.5) is 0 Å². The van der Waals surface area contributed by atoms with Crippen LogP contribution in [0.3, 0.4) is 0 Å². The van der Waals surface area contributed by atoms with Crippen LogP contribution in [0.15, 0.2) is 42.5 Å². The highest BCUT2D eigenvalue weighted by molar-refractivity contribution is 6.34. The third-order valence-electron chi connectivity index (χ3n) is 5.72. The van der Waals surface area contributed by atoms with Crippen molar-refractivity contribution in [3.63, 3.8) is 0 Å². The second kappa shape index (κ2) is 11.1. The normalized spacial score (nSPS) is 19.4. The molecule has 2 aromatic rings. The number of benzene rings is 2. The standard InChI is InChI=1S/C26H32Cl2N2O4/c1-16(17-6-8-18(9-7-17)25(32)33-5)30-22(10-11-34-15-26(2,3)4)29-23(24(30)31)19-12-20(27)14-21(28)13-19/h6-9,12-14,16,22-23,29H,10-11,15H2,1-5H3/t16-,22?,23?/m1/s1. The number of carbonyl (C=O) groups excluding carboxylic acids is 2. The van der Waals surface area contributed by atoms with Gasteiger partial charge in [0.25, 0.3) is 0 Å². The molecule has 0 aromatic heterocycles. The Morgan fingerprint density at radius 1 is 1.12 bits per heavy atom. The third kappa shape index (κ3) is 6.51. The van der Waals surface area contributed by atoms with Gasteiger partial charge in [0.05, 0.1) is 31.5 Å². The molecule has 0 radical (unpaired) electrons. The molecule has 1 aliphatic heterocycles. The van der Waals surface area contributed by atoms with Crippen molar-refractivity contribution in [3.05, 3.63) is 69.2 Å². The van der Waals surface area contributed by atoms with E-state index in [4.69, 9.17) is 32.7 Å². The van der Waals surface area contributed by atoms with E-state index in [0.717, 1.165) is 11.1 Å². The van der Waals surface area contributed by atoms with Crippen LogP contribution in [0, 0.1) is 5.41 Å². The molecule has 3 atom stereocenters. The van der Waals surface area contributed by atoms with Gasteiger partial charge in [-0.3, -0.25) is 10.1 Å². The number of methoxy groups -OCH3 is 1. The van der Waals surface area contributed by atoms with Crippen LogP contribution < -0.4 is 5.32 Å². The Bertz CT molecular complexity index is 1000. The lowest BCUT2D eigenvalue weighted by molar-refractivity contribution is -0.132. The first-order chi connectivity index (χ1) is 16.0. The molecule has 0 saturated carbocycles. The second-order valence-electron chi connectivity index (χ2n) is 9.76. The molecule has 1 fully saturated rings. The highest BCUT2D eigenvalue weighted by atomic mass is 35.5. The lowest BCUT2D eigenvalue weighted by Crippen LogP contribution is -2.40. The summed E-state index contributed by atoms with van der Waals surface area (Å²) >= 11 is 12.4. The number of hydrogen-bond acceptors (Lipinski definition) is 5. The number of nitrogens with zero attached hydrogens (tertiary/aromatic N) is 1. The fourth-order valence-corrected chi connectivity index (χ4v) is 4.60. The summed E-state index contributed by atoms with van der Waals surface area (Å²) < 4.78 is 10.7. The minimum absolute atomic E-state index is 0.0629. The van der Waals surface area contributed by atoms with E-state index in [9.17, 15) is 9.59 Å². The molecule has 1 aliphatic rings. The number of nitrogens with one attached hydrogen (secondary N) is 1. The molecule has 3 rings (SSSR count). The zero-order valence-corrected chi connectivity index (χ0v) is 21.7. The number of esters is 1. The molecule has 8 heteroatoms. The smallest absolute Gasteiger partial charge is 0.337 e. The summed E-state index contributed by atoms with van der Waals surface area (Å²) in [7, 11) is 1.35. The molecule has 1 N–H and O–H groups in total. The number of halogens is 2. The van der Waals surface area contributed by atoms with Gasteiger partial charge in [-0.05, 0) is 53.8 Å². The van der Waals surface area contributed by atoms with E-state index in [1.807, 2.05) is 24.0 Å². The minimum Gasteiger partial charge on any atom is -0.465 e. The average molecular weight is 507 g/mol. The molecule has 1 saturated heterocycles. The summed E-state index contributed by atoms with van der Waals surface area (Å²) in [6, 6.07) is 11.5. The zero-order valence-electron chi connectivity index (χ0n) is 20.2. The van der Waals surface area contributed by atoms with E-state index in [2.05, 4.69) is 26.1 Å². The van der Waals surface area contributed by atoms with Crippen LogP contribution >= 0.6 is 23.2 Å². The number of amides is 1. The number of rotatable bonds is 8. The first kappa shape index (κ1) is 26.5. The van der Waals surface area contributed by atoms with E-state index in [0.29, 0.717) is 35.2 Å². The third-order valence-corrected chi connectivity index (χ3v) is 6.15. The Balaban J connectivity index is 1.84. The molecule has 0 spiro atoms. The predicted octanol–water partition coefficient (Wildman–Crippen LogP) is 5.79. The fraction of sp³-hybridized carbons (Fsp3) is 0.462. The maximum Gasteiger partial charge on any atom is 0.337 e. The molecule has 184 valence electrons. The minimum atomic E-state index is -0.569.